The molecule has 1 aromatic carbocycles. The van der Waals surface area contributed by atoms with Crippen molar-refractivity contribution in [2.24, 2.45) is 5.92 Å². The first-order valence-corrected chi connectivity index (χ1v) is 7.17. The van der Waals surface area contributed by atoms with Crippen molar-refractivity contribution in [2.45, 2.75) is 25.7 Å². The first-order valence-electron chi connectivity index (χ1n) is 7.17. The predicted octanol–water partition coefficient (Wildman–Crippen LogP) is 2.20. The van der Waals surface area contributed by atoms with Crippen molar-refractivity contribution in [3.8, 4) is 0 Å². The van der Waals surface area contributed by atoms with Crippen LogP contribution in [0, 0.1) is 5.92 Å². The molecular formula is C16H22N2O. The predicted molar refractivity (Wildman–Crippen MR) is 76.6 cm³/mol. The van der Waals surface area contributed by atoms with Gasteiger partial charge in [0.1, 0.15) is 0 Å². The first-order chi connectivity index (χ1) is 9.06. The average Bonchev–Trinajstić information content (AvgIpc) is 2.70. The van der Waals surface area contributed by atoms with E-state index in [0.717, 1.165) is 25.2 Å². The molecule has 0 aliphatic carbocycles. The largest absolute Gasteiger partial charge is 0.352 e. The average molecular weight is 258 g/mol. The summed E-state index contributed by atoms with van der Waals surface area (Å²) < 4.78 is 0. The molecule has 0 aromatic heterocycles. The van der Waals surface area contributed by atoms with Gasteiger partial charge in [-0.05, 0) is 36.1 Å². The number of fused-ring (bicyclic) bond motifs is 3. The maximum Gasteiger partial charge on any atom is 0.251 e. The van der Waals surface area contributed by atoms with E-state index in [0.29, 0.717) is 17.8 Å². The summed E-state index contributed by atoms with van der Waals surface area (Å²) in [6.45, 7) is 7.29. The van der Waals surface area contributed by atoms with Crippen LogP contribution in [0.2, 0.25) is 0 Å². The molecule has 0 saturated carbocycles. The van der Waals surface area contributed by atoms with E-state index in [1.807, 2.05) is 0 Å². The molecule has 1 fully saturated rings. The number of benzene rings is 1. The monoisotopic (exact) mass is 258 g/mol. The summed E-state index contributed by atoms with van der Waals surface area (Å²) in [6, 6.07) is 6.47. The van der Waals surface area contributed by atoms with Crippen molar-refractivity contribution in [1.29, 1.82) is 0 Å². The summed E-state index contributed by atoms with van der Waals surface area (Å²) in [5.74, 6) is 1.62. The fourth-order valence-electron chi connectivity index (χ4n) is 3.42. The zero-order valence-electron chi connectivity index (χ0n) is 11.9. The summed E-state index contributed by atoms with van der Waals surface area (Å²) in [4.78, 5) is 14.6. The second-order valence-electron chi connectivity index (χ2n) is 6.30. The zero-order chi connectivity index (χ0) is 13.6. The number of nitrogens with one attached hydrogen (secondary N) is 1. The molecule has 0 radical (unpaired) electrons. The normalized spacial score (nSPS) is 26.8. The smallest absolute Gasteiger partial charge is 0.251 e. The summed E-state index contributed by atoms with van der Waals surface area (Å²) in [6.07, 6.45) is 0. The summed E-state index contributed by atoms with van der Waals surface area (Å²) in [5, 5.41) is 3.09. The van der Waals surface area contributed by atoms with E-state index in [1.54, 1.807) is 0 Å². The van der Waals surface area contributed by atoms with Crippen LogP contribution < -0.4 is 5.32 Å². The van der Waals surface area contributed by atoms with E-state index in [4.69, 9.17) is 0 Å². The Bertz CT molecular complexity index is 509. The number of carbonyl (C=O) groups is 1. The zero-order valence-corrected chi connectivity index (χ0v) is 11.9. The number of likely N-dealkylation sites (tertiary alicyclic amines) is 1. The maximum atomic E-state index is 12.3. The Morgan fingerprint density at radius 3 is 2.84 bits per heavy atom. The molecule has 2 atom stereocenters. The lowest BCUT2D eigenvalue weighted by atomic mass is 9.85. The number of rotatable bonds is 1. The van der Waals surface area contributed by atoms with Gasteiger partial charge in [0.25, 0.3) is 5.91 Å². The highest BCUT2D eigenvalue weighted by atomic mass is 16.1. The minimum absolute atomic E-state index is 0.106. The second kappa shape index (κ2) is 4.64. The van der Waals surface area contributed by atoms with E-state index in [9.17, 15) is 4.79 Å². The SMILES string of the molecule is CC(C)c1ccc2c(c1)C(=O)NC[C@@H]1CN(C)C[C@@H]21. The lowest BCUT2D eigenvalue weighted by Crippen LogP contribution is -2.29. The maximum absolute atomic E-state index is 12.3. The van der Waals surface area contributed by atoms with E-state index in [2.05, 4.69) is 49.3 Å². The third-order valence-electron chi connectivity index (χ3n) is 4.54. The third-order valence-corrected chi connectivity index (χ3v) is 4.54. The van der Waals surface area contributed by atoms with Gasteiger partial charge in [-0.3, -0.25) is 4.79 Å². The third kappa shape index (κ3) is 2.16. The Kier molecular flexibility index (Phi) is 3.09. The molecular weight excluding hydrogens is 236 g/mol. The molecule has 3 heteroatoms. The first kappa shape index (κ1) is 12.7. The van der Waals surface area contributed by atoms with Crippen molar-refractivity contribution >= 4 is 5.91 Å². The van der Waals surface area contributed by atoms with Gasteiger partial charge in [-0.25, -0.2) is 0 Å². The molecule has 1 saturated heterocycles. The van der Waals surface area contributed by atoms with Gasteiger partial charge < -0.3 is 10.2 Å². The van der Waals surface area contributed by atoms with Crippen LogP contribution in [0.5, 0.6) is 0 Å². The number of likely N-dealkylation sites (N-methyl/N-ethyl adjacent to an activating group) is 1. The molecule has 102 valence electrons. The van der Waals surface area contributed by atoms with Crippen LogP contribution >= 0.6 is 0 Å². The highest BCUT2D eigenvalue weighted by Gasteiger charge is 2.36. The molecule has 3 nitrogen and oxygen atoms in total. The highest BCUT2D eigenvalue weighted by Crippen LogP contribution is 2.36. The standard InChI is InChI=1S/C16H22N2O/c1-10(2)11-4-5-13-14(6-11)16(19)17-7-12-8-18(3)9-15(12)13/h4-6,10,12,15H,7-9H2,1-3H3,(H,17,19)/t12-,15-/m1/s1. The van der Waals surface area contributed by atoms with Crippen LogP contribution in [0.25, 0.3) is 0 Å². The van der Waals surface area contributed by atoms with E-state index in [1.165, 1.54) is 11.1 Å². The van der Waals surface area contributed by atoms with Crippen LogP contribution in [0.3, 0.4) is 0 Å². The molecule has 3 rings (SSSR count). The summed E-state index contributed by atoms with van der Waals surface area (Å²) in [5.41, 5.74) is 3.39. The van der Waals surface area contributed by atoms with Crippen LogP contribution in [-0.4, -0.2) is 37.5 Å². The van der Waals surface area contributed by atoms with Crippen LogP contribution in [0.1, 0.15) is 47.2 Å². The van der Waals surface area contributed by atoms with Crippen LogP contribution in [0.15, 0.2) is 18.2 Å². The lowest BCUT2D eigenvalue weighted by Gasteiger charge is -2.17. The lowest BCUT2D eigenvalue weighted by molar-refractivity contribution is 0.0951. The molecule has 1 N–H and O–H groups in total. The van der Waals surface area contributed by atoms with Gasteiger partial charge in [-0.1, -0.05) is 26.0 Å². The number of carbonyl (C=O) groups excluding carboxylic acids is 1. The van der Waals surface area contributed by atoms with E-state index < -0.39 is 0 Å². The Hall–Kier alpha value is -1.35. The molecule has 19 heavy (non-hydrogen) atoms. The molecule has 2 heterocycles. The quantitative estimate of drug-likeness (QED) is 0.837. The minimum atomic E-state index is 0.106. The van der Waals surface area contributed by atoms with Crippen molar-refractivity contribution in [1.82, 2.24) is 10.2 Å². The second-order valence-corrected chi connectivity index (χ2v) is 6.30. The Labute approximate surface area is 115 Å². The molecule has 0 bridgehead atoms. The number of hydrogen-bond acceptors (Lipinski definition) is 2. The van der Waals surface area contributed by atoms with Crippen LogP contribution in [0.4, 0.5) is 0 Å². The van der Waals surface area contributed by atoms with Gasteiger partial charge in [0.15, 0.2) is 0 Å². The summed E-state index contributed by atoms with van der Waals surface area (Å²) >= 11 is 0. The fraction of sp³-hybridized carbons (Fsp3) is 0.562. The number of amides is 1. The van der Waals surface area contributed by atoms with E-state index >= 15 is 0 Å². The van der Waals surface area contributed by atoms with Gasteiger partial charge in [-0.15, -0.1) is 0 Å². The molecule has 1 amide bonds. The topological polar surface area (TPSA) is 32.3 Å². The van der Waals surface area contributed by atoms with Crippen molar-refractivity contribution in [3.63, 3.8) is 0 Å². The molecule has 0 spiro atoms. The van der Waals surface area contributed by atoms with Crippen LogP contribution in [-0.2, 0) is 0 Å². The Morgan fingerprint density at radius 1 is 1.32 bits per heavy atom. The van der Waals surface area contributed by atoms with Crippen molar-refractivity contribution in [3.05, 3.63) is 34.9 Å². The van der Waals surface area contributed by atoms with Gasteiger partial charge in [-0.2, -0.15) is 0 Å². The van der Waals surface area contributed by atoms with Gasteiger partial charge in [0.2, 0.25) is 0 Å². The number of nitrogens with zero attached hydrogens (tertiary/aromatic N) is 1. The van der Waals surface area contributed by atoms with Crippen molar-refractivity contribution in [2.75, 3.05) is 26.7 Å². The van der Waals surface area contributed by atoms with Gasteiger partial charge >= 0.3 is 0 Å². The highest BCUT2D eigenvalue weighted by molar-refractivity contribution is 5.96. The molecule has 1 aromatic rings. The van der Waals surface area contributed by atoms with E-state index in [-0.39, 0.29) is 5.91 Å². The Morgan fingerprint density at radius 2 is 2.11 bits per heavy atom. The number of hydrogen-bond donors (Lipinski definition) is 1. The Balaban J connectivity index is 2.06. The molecule has 2 aliphatic rings. The molecule has 0 unspecified atom stereocenters. The summed E-state index contributed by atoms with van der Waals surface area (Å²) in [7, 11) is 2.17. The minimum Gasteiger partial charge on any atom is -0.352 e. The molecule has 2 aliphatic heterocycles. The van der Waals surface area contributed by atoms with Gasteiger partial charge in [0, 0.05) is 31.1 Å². The van der Waals surface area contributed by atoms with Crippen molar-refractivity contribution < 1.29 is 4.79 Å². The van der Waals surface area contributed by atoms with Gasteiger partial charge in [0.05, 0.1) is 0 Å². The fourth-order valence-corrected chi connectivity index (χ4v) is 3.42.